The Balaban J connectivity index is 1.76. The fourth-order valence-electron chi connectivity index (χ4n) is 2.63. The van der Waals surface area contributed by atoms with Gasteiger partial charge in [0.2, 0.25) is 0 Å². The van der Waals surface area contributed by atoms with Crippen LogP contribution in [0.5, 0.6) is 0 Å². The molecule has 0 saturated heterocycles. The molecule has 0 N–H and O–H groups in total. The summed E-state index contributed by atoms with van der Waals surface area (Å²) in [7, 11) is 0. The molecule has 134 valence electrons. The summed E-state index contributed by atoms with van der Waals surface area (Å²) in [4.78, 5) is 23.9. The van der Waals surface area contributed by atoms with Gasteiger partial charge in [-0.1, -0.05) is 44.9 Å². The number of aromatic nitrogens is 2. The second kappa shape index (κ2) is 7.76. The van der Waals surface area contributed by atoms with Crippen LogP contribution in [0.3, 0.4) is 0 Å². The Labute approximate surface area is 173 Å². The lowest BCUT2D eigenvalue weighted by atomic mass is 10.2. The van der Waals surface area contributed by atoms with Crippen molar-refractivity contribution in [3.63, 3.8) is 0 Å². The van der Waals surface area contributed by atoms with Gasteiger partial charge < -0.3 is 0 Å². The van der Waals surface area contributed by atoms with Crippen LogP contribution in [0.25, 0.3) is 10.2 Å². The Morgan fingerprint density at radius 2 is 1.93 bits per heavy atom. The zero-order chi connectivity index (χ0) is 18.8. The third-order valence-corrected chi connectivity index (χ3v) is 5.76. The minimum atomic E-state index is -0.127. The van der Waals surface area contributed by atoms with E-state index in [1.165, 1.54) is 11.3 Å². The quantitative estimate of drug-likeness (QED) is 0.379. The smallest absolute Gasteiger partial charge is 0.260 e. The molecule has 0 bridgehead atoms. The fraction of sp³-hybridized carbons (Fsp3) is 0.0500. The van der Waals surface area contributed by atoms with E-state index >= 15 is 0 Å². The molecular formula is C20H13BrClN3OS. The number of anilines is 1. The maximum absolute atomic E-state index is 13.2. The number of benzene rings is 2. The van der Waals surface area contributed by atoms with Crippen molar-refractivity contribution in [3.05, 3.63) is 87.6 Å². The van der Waals surface area contributed by atoms with Gasteiger partial charge in [0.15, 0.2) is 5.13 Å². The highest BCUT2D eigenvalue weighted by atomic mass is 79.9. The van der Waals surface area contributed by atoms with E-state index in [1.807, 2.05) is 42.5 Å². The van der Waals surface area contributed by atoms with E-state index in [9.17, 15) is 4.79 Å². The summed E-state index contributed by atoms with van der Waals surface area (Å²) in [6, 6.07) is 18.5. The Morgan fingerprint density at radius 1 is 1.11 bits per heavy atom. The van der Waals surface area contributed by atoms with Gasteiger partial charge in [0.1, 0.15) is 0 Å². The van der Waals surface area contributed by atoms with Crippen LogP contribution >= 0.6 is 38.9 Å². The Morgan fingerprint density at radius 3 is 2.67 bits per heavy atom. The zero-order valence-corrected chi connectivity index (χ0v) is 17.1. The molecule has 1 amide bonds. The summed E-state index contributed by atoms with van der Waals surface area (Å²) in [6.07, 6.45) is 1.72. The third kappa shape index (κ3) is 4.03. The molecule has 4 rings (SSSR count). The lowest BCUT2D eigenvalue weighted by Gasteiger charge is -2.19. The number of carbonyl (C=O) groups is 1. The normalized spacial score (nSPS) is 10.9. The third-order valence-electron chi connectivity index (χ3n) is 3.95. The van der Waals surface area contributed by atoms with E-state index in [0.29, 0.717) is 22.3 Å². The standard InChI is InChI=1S/C20H13BrClN3OS/c21-14-6-4-13(5-7-14)19(26)25(12-16-3-1-2-10-23-16)20-24-17-9-8-15(22)11-18(17)27-20/h1-11H,12H2. The molecular weight excluding hydrogens is 446 g/mol. The molecule has 0 radical (unpaired) electrons. The number of amides is 1. The highest BCUT2D eigenvalue weighted by Crippen LogP contribution is 2.32. The predicted octanol–water partition coefficient (Wildman–Crippen LogP) is 5.95. The van der Waals surface area contributed by atoms with Gasteiger partial charge in [-0.05, 0) is 54.6 Å². The van der Waals surface area contributed by atoms with E-state index in [2.05, 4.69) is 25.9 Å². The van der Waals surface area contributed by atoms with Crippen molar-refractivity contribution in [1.29, 1.82) is 0 Å². The second-order valence-corrected chi connectivity index (χ2v) is 8.19. The number of carbonyl (C=O) groups excluding carboxylic acids is 1. The van der Waals surface area contributed by atoms with Crippen LogP contribution in [0.4, 0.5) is 5.13 Å². The van der Waals surface area contributed by atoms with Gasteiger partial charge in [-0.2, -0.15) is 0 Å². The molecule has 0 saturated carbocycles. The number of pyridine rings is 1. The van der Waals surface area contributed by atoms with Crippen LogP contribution in [-0.2, 0) is 6.54 Å². The number of rotatable bonds is 4. The predicted molar refractivity (Wildman–Crippen MR) is 114 cm³/mol. The van der Waals surface area contributed by atoms with Crippen LogP contribution in [0.15, 0.2) is 71.3 Å². The molecule has 0 aliphatic rings. The highest BCUT2D eigenvalue weighted by Gasteiger charge is 2.22. The van der Waals surface area contributed by atoms with Crippen molar-refractivity contribution in [2.24, 2.45) is 0 Å². The molecule has 2 heterocycles. The summed E-state index contributed by atoms with van der Waals surface area (Å²) >= 11 is 10.9. The van der Waals surface area contributed by atoms with Crippen molar-refractivity contribution in [3.8, 4) is 0 Å². The average Bonchev–Trinajstić information content (AvgIpc) is 3.10. The second-order valence-electron chi connectivity index (χ2n) is 5.83. The van der Waals surface area contributed by atoms with Gasteiger partial charge in [-0.15, -0.1) is 0 Å². The van der Waals surface area contributed by atoms with E-state index in [-0.39, 0.29) is 5.91 Å². The Bertz CT molecular complexity index is 1100. The van der Waals surface area contributed by atoms with Crippen molar-refractivity contribution < 1.29 is 4.79 Å². The van der Waals surface area contributed by atoms with Crippen molar-refractivity contribution in [1.82, 2.24) is 9.97 Å². The Kier molecular flexibility index (Phi) is 5.20. The summed E-state index contributed by atoms with van der Waals surface area (Å²) in [5.41, 5.74) is 2.20. The first kappa shape index (κ1) is 18.1. The minimum absolute atomic E-state index is 0.127. The lowest BCUT2D eigenvalue weighted by Crippen LogP contribution is -2.30. The molecule has 27 heavy (non-hydrogen) atoms. The van der Waals surface area contributed by atoms with Crippen molar-refractivity contribution in [2.75, 3.05) is 4.90 Å². The molecule has 4 nitrogen and oxygen atoms in total. The molecule has 0 fully saturated rings. The van der Waals surface area contributed by atoms with Gasteiger partial charge in [0.05, 0.1) is 22.5 Å². The van der Waals surface area contributed by atoms with Crippen LogP contribution < -0.4 is 4.90 Å². The van der Waals surface area contributed by atoms with Crippen LogP contribution in [0.1, 0.15) is 16.1 Å². The average molecular weight is 459 g/mol. The van der Waals surface area contributed by atoms with Gasteiger partial charge in [-0.3, -0.25) is 14.7 Å². The van der Waals surface area contributed by atoms with Crippen LogP contribution in [0, 0.1) is 0 Å². The monoisotopic (exact) mass is 457 g/mol. The molecule has 0 spiro atoms. The minimum Gasteiger partial charge on any atom is -0.278 e. The van der Waals surface area contributed by atoms with Gasteiger partial charge >= 0.3 is 0 Å². The molecule has 0 aliphatic heterocycles. The summed E-state index contributed by atoms with van der Waals surface area (Å²) < 4.78 is 1.86. The summed E-state index contributed by atoms with van der Waals surface area (Å²) in [5.74, 6) is -0.127. The number of nitrogens with zero attached hydrogens (tertiary/aromatic N) is 3. The first-order chi connectivity index (χ1) is 13.1. The number of hydrogen-bond acceptors (Lipinski definition) is 4. The number of halogens is 2. The molecule has 0 aliphatic carbocycles. The maximum atomic E-state index is 13.2. The molecule has 7 heteroatoms. The van der Waals surface area contributed by atoms with Crippen LogP contribution in [0.2, 0.25) is 5.02 Å². The van der Waals surface area contributed by atoms with E-state index in [1.54, 1.807) is 29.3 Å². The molecule has 4 aromatic rings. The maximum Gasteiger partial charge on any atom is 0.260 e. The number of hydrogen-bond donors (Lipinski definition) is 0. The van der Waals surface area contributed by atoms with E-state index in [0.717, 1.165) is 20.4 Å². The molecule has 2 aromatic heterocycles. The van der Waals surface area contributed by atoms with Gasteiger partial charge in [0.25, 0.3) is 5.91 Å². The van der Waals surface area contributed by atoms with E-state index < -0.39 is 0 Å². The number of thiazole rings is 1. The lowest BCUT2D eigenvalue weighted by molar-refractivity contribution is 0.0985. The summed E-state index contributed by atoms with van der Waals surface area (Å²) in [5, 5.41) is 1.26. The SMILES string of the molecule is O=C(c1ccc(Br)cc1)N(Cc1ccccn1)c1nc2ccc(Cl)cc2s1. The summed E-state index contributed by atoms with van der Waals surface area (Å²) in [6.45, 7) is 0.337. The Hall–Kier alpha value is -2.28. The fourth-order valence-corrected chi connectivity index (χ4v) is 4.13. The molecule has 0 unspecified atom stereocenters. The van der Waals surface area contributed by atoms with Gasteiger partial charge in [0, 0.05) is 21.3 Å². The largest absolute Gasteiger partial charge is 0.278 e. The van der Waals surface area contributed by atoms with Crippen molar-refractivity contribution >= 4 is 60.1 Å². The molecule has 0 atom stereocenters. The van der Waals surface area contributed by atoms with Crippen molar-refractivity contribution in [2.45, 2.75) is 6.54 Å². The first-order valence-electron chi connectivity index (χ1n) is 8.13. The zero-order valence-electron chi connectivity index (χ0n) is 14.0. The first-order valence-corrected chi connectivity index (χ1v) is 10.1. The van der Waals surface area contributed by atoms with Crippen LogP contribution in [-0.4, -0.2) is 15.9 Å². The van der Waals surface area contributed by atoms with E-state index in [4.69, 9.17) is 11.6 Å². The van der Waals surface area contributed by atoms with Gasteiger partial charge in [-0.25, -0.2) is 4.98 Å². The number of fused-ring (bicyclic) bond motifs is 1. The highest BCUT2D eigenvalue weighted by molar-refractivity contribution is 9.10. The topological polar surface area (TPSA) is 46.1 Å². The molecule has 2 aromatic carbocycles.